The molecule has 0 spiro atoms. The van der Waals surface area contributed by atoms with Gasteiger partial charge in [0.25, 0.3) is 5.91 Å². The molecule has 0 bridgehead atoms. The van der Waals surface area contributed by atoms with Gasteiger partial charge in [-0.3, -0.25) is 9.78 Å². The van der Waals surface area contributed by atoms with E-state index in [9.17, 15) is 4.79 Å². The van der Waals surface area contributed by atoms with Crippen molar-refractivity contribution in [3.63, 3.8) is 0 Å². The lowest BCUT2D eigenvalue weighted by Gasteiger charge is -2.24. The van der Waals surface area contributed by atoms with Crippen LogP contribution in [0.4, 0.5) is 0 Å². The minimum absolute atomic E-state index is 0.0603. The summed E-state index contributed by atoms with van der Waals surface area (Å²) in [5, 5.41) is 14.1. The normalized spacial score (nSPS) is 12.2. The quantitative estimate of drug-likeness (QED) is 0.297. The first-order valence-electron chi connectivity index (χ1n) is 4.68. The van der Waals surface area contributed by atoms with E-state index in [0.717, 1.165) is 0 Å². The van der Waals surface area contributed by atoms with Gasteiger partial charge in [0.2, 0.25) is 0 Å². The van der Waals surface area contributed by atoms with E-state index in [-0.39, 0.29) is 11.7 Å². The van der Waals surface area contributed by atoms with Crippen LogP contribution in [0.15, 0.2) is 29.7 Å². The number of aromatic nitrogens is 1. The maximum atomic E-state index is 11.7. The number of amidine groups is 1. The SMILES string of the molecule is CC(C)(NC(=O)c1ccncc1)/C(N)=N/O. The van der Waals surface area contributed by atoms with E-state index in [1.54, 1.807) is 26.0 Å². The summed E-state index contributed by atoms with van der Waals surface area (Å²) in [6.07, 6.45) is 3.04. The van der Waals surface area contributed by atoms with E-state index in [2.05, 4.69) is 15.5 Å². The third kappa shape index (κ3) is 2.69. The summed E-state index contributed by atoms with van der Waals surface area (Å²) in [6.45, 7) is 3.28. The molecule has 0 unspecified atom stereocenters. The van der Waals surface area contributed by atoms with E-state index in [0.29, 0.717) is 5.56 Å². The first-order chi connectivity index (χ1) is 7.47. The number of nitrogens with two attached hydrogens (primary N) is 1. The molecule has 4 N–H and O–H groups in total. The zero-order valence-electron chi connectivity index (χ0n) is 9.14. The summed E-state index contributed by atoms with van der Waals surface area (Å²) in [5.41, 5.74) is 5.01. The lowest BCUT2D eigenvalue weighted by molar-refractivity contribution is 0.0930. The molecule has 1 aromatic heterocycles. The number of hydrogen-bond donors (Lipinski definition) is 3. The average Bonchev–Trinajstić information content (AvgIpc) is 2.28. The number of hydrogen-bond acceptors (Lipinski definition) is 4. The highest BCUT2D eigenvalue weighted by Crippen LogP contribution is 2.05. The highest BCUT2D eigenvalue weighted by Gasteiger charge is 2.26. The average molecular weight is 222 g/mol. The van der Waals surface area contributed by atoms with Crippen molar-refractivity contribution in [3.8, 4) is 0 Å². The topological polar surface area (TPSA) is 101 Å². The Balaban J connectivity index is 2.80. The number of amides is 1. The van der Waals surface area contributed by atoms with Crippen LogP contribution >= 0.6 is 0 Å². The zero-order valence-corrected chi connectivity index (χ0v) is 9.14. The second-order valence-electron chi connectivity index (χ2n) is 3.80. The third-order valence-corrected chi connectivity index (χ3v) is 2.12. The Kier molecular flexibility index (Phi) is 3.44. The zero-order chi connectivity index (χ0) is 12.2. The van der Waals surface area contributed by atoms with Crippen molar-refractivity contribution in [2.75, 3.05) is 0 Å². The van der Waals surface area contributed by atoms with Crippen LogP contribution in [0.1, 0.15) is 24.2 Å². The van der Waals surface area contributed by atoms with E-state index in [1.165, 1.54) is 12.4 Å². The summed E-state index contributed by atoms with van der Waals surface area (Å²) in [4.78, 5) is 15.6. The van der Waals surface area contributed by atoms with Crippen LogP contribution in [0, 0.1) is 0 Å². The summed E-state index contributed by atoms with van der Waals surface area (Å²) >= 11 is 0. The van der Waals surface area contributed by atoms with E-state index < -0.39 is 5.54 Å². The van der Waals surface area contributed by atoms with Gasteiger partial charge in [-0.1, -0.05) is 5.16 Å². The van der Waals surface area contributed by atoms with Crippen molar-refractivity contribution in [2.45, 2.75) is 19.4 Å². The number of nitrogens with one attached hydrogen (secondary N) is 1. The lowest BCUT2D eigenvalue weighted by atomic mass is 10.0. The first-order valence-corrected chi connectivity index (χ1v) is 4.68. The molecule has 6 nitrogen and oxygen atoms in total. The summed E-state index contributed by atoms with van der Waals surface area (Å²) < 4.78 is 0. The molecule has 86 valence electrons. The highest BCUT2D eigenvalue weighted by molar-refractivity contribution is 5.99. The van der Waals surface area contributed by atoms with Crippen molar-refractivity contribution in [1.82, 2.24) is 10.3 Å². The minimum Gasteiger partial charge on any atom is -0.409 e. The van der Waals surface area contributed by atoms with Crippen LogP contribution in [0.2, 0.25) is 0 Å². The van der Waals surface area contributed by atoms with Gasteiger partial charge in [0.15, 0.2) is 5.84 Å². The van der Waals surface area contributed by atoms with Crippen molar-refractivity contribution >= 4 is 11.7 Å². The standard InChI is InChI=1S/C10H14N4O2/c1-10(2,9(11)14-16)13-8(15)7-3-5-12-6-4-7/h3-6,16H,1-2H3,(H2,11,14)(H,13,15). The second kappa shape index (κ2) is 4.61. The Bertz CT molecular complexity index is 401. The molecule has 0 saturated carbocycles. The monoisotopic (exact) mass is 222 g/mol. The van der Waals surface area contributed by atoms with Gasteiger partial charge in [0.05, 0.1) is 5.54 Å². The molecule has 6 heteroatoms. The molecule has 0 radical (unpaired) electrons. The molecular formula is C10H14N4O2. The number of carbonyl (C=O) groups is 1. The van der Waals surface area contributed by atoms with Crippen molar-refractivity contribution in [2.24, 2.45) is 10.9 Å². The number of nitrogens with zero attached hydrogens (tertiary/aromatic N) is 2. The molecule has 1 amide bonds. The van der Waals surface area contributed by atoms with Crippen LogP contribution in [0.25, 0.3) is 0 Å². The lowest BCUT2D eigenvalue weighted by Crippen LogP contribution is -2.53. The van der Waals surface area contributed by atoms with E-state index in [1.807, 2.05) is 0 Å². The highest BCUT2D eigenvalue weighted by atomic mass is 16.4. The van der Waals surface area contributed by atoms with E-state index >= 15 is 0 Å². The smallest absolute Gasteiger partial charge is 0.252 e. The van der Waals surface area contributed by atoms with Crippen LogP contribution in [-0.2, 0) is 0 Å². The van der Waals surface area contributed by atoms with Gasteiger partial charge in [-0.15, -0.1) is 0 Å². The third-order valence-electron chi connectivity index (χ3n) is 2.12. The molecule has 0 fully saturated rings. The second-order valence-corrected chi connectivity index (χ2v) is 3.80. The molecule has 0 aromatic carbocycles. The maximum Gasteiger partial charge on any atom is 0.252 e. The molecule has 1 rings (SSSR count). The Morgan fingerprint density at radius 3 is 2.56 bits per heavy atom. The fraction of sp³-hybridized carbons (Fsp3) is 0.300. The number of rotatable bonds is 3. The largest absolute Gasteiger partial charge is 0.409 e. The predicted octanol–water partition coefficient (Wildman–Crippen LogP) is 0.336. The molecule has 0 aliphatic rings. The van der Waals surface area contributed by atoms with Gasteiger partial charge >= 0.3 is 0 Å². The fourth-order valence-electron chi connectivity index (χ4n) is 1.05. The maximum absolute atomic E-state index is 11.7. The molecule has 1 aromatic rings. The summed E-state index contributed by atoms with van der Waals surface area (Å²) in [6, 6.07) is 3.16. The van der Waals surface area contributed by atoms with Gasteiger partial charge < -0.3 is 16.3 Å². The Hall–Kier alpha value is -2.11. The van der Waals surface area contributed by atoms with Gasteiger partial charge in [-0.05, 0) is 26.0 Å². The molecule has 1 heterocycles. The van der Waals surface area contributed by atoms with Gasteiger partial charge in [0.1, 0.15) is 0 Å². The summed E-state index contributed by atoms with van der Waals surface area (Å²) in [5.74, 6) is -0.367. The fourth-order valence-corrected chi connectivity index (χ4v) is 1.05. The minimum atomic E-state index is -0.908. The number of pyridine rings is 1. The molecule has 0 aliphatic carbocycles. The number of carbonyl (C=O) groups excluding carboxylic acids is 1. The van der Waals surface area contributed by atoms with Gasteiger partial charge in [-0.25, -0.2) is 0 Å². The Morgan fingerprint density at radius 2 is 2.06 bits per heavy atom. The van der Waals surface area contributed by atoms with Crippen molar-refractivity contribution in [1.29, 1.82) is 0 Å². The molecule has 0 aliphatic heterocycles. The van der Waals surface area contributed by atoms with Crippen molar-refractivity contribution < 1.29 is 10.0 Å². The van der Waals surface area contributed by atoms with Crippen LogP contribution in [0.5, 0.6) is 0 Å². The Labute approximate surface area is 93.2 Å². The Morgan fingerprint density at radius 1 is 1.50 bits per heavy atom. The summed E-state index contributed by atoms with van der Waals surface area (Å²) in [7, 11) is 0. The van der Waals surface area contributed by atoms with Crippen LogP contribution < -0.4 is 11.1 Å². The number of oxime groups is 1. The van der Waals surface area contributed by atoms with Crippen LogP contribution in [-0.4, -0.2) is 27.5 Å². The van der Waals surface area contributed by atoms with Gasteiger partial charge in [-0.2, -0.15) is 0 Å². The predicted molar refractivity (Wildman–Crippen MR) is 59.2 cm³/mol. The molecule has 0 atom stereocenters. The van der Waals surface area contributed by atoms with Crippen LogP contribution in [0.3, 0.4) is 0 Å². The van der Waals surface area contributed by atoms with Crippen molar-refractivity contribution in [3.05, 3.63) is 30.1 Å². The molecule has 0 saturated heterocycles. The van der Waals surface area contributed by atoms with E-state index in [4.69, 9.17) is 10.9 Å². The van der Waals surface area contributed by atoms with Gasteiger partial charge in [0, 0.05) is 18.0 Å². The first kappa shape index (κ1) is 12.0. The molecular weight excluding hydrogens is 208 g/mol. The molecule has 16 heavy (non-hydrogen) atoms.